The number of amidine groups is 1. The van der Waals surface area contributed by atoms with Crippen LogP contribution in [0.4, 0.5) is 0 Å². The molecule has 1 N–H and O–H groups in total. The molecule has 29 heavy (non-hydrogen) atoms. The third kappa shape index (κ3) is 4.29. The second-order valence-electron chi connectivity index (χ2n) is 6.20. The monoisotopic (exact) mass is 489 g/mol. The van der Waals surface area contributed by atoms with Gasteiger partial charge in [0.25, 0.3) is 0 Å². The molecule has 1 aliphatic rings. The maximum atomic E-state index is 12.4. The van der Waals surface area contributed by atoms with Crippen molar-refractivity contribution >= 4 is 61.0 Å². The zero-order chi connectivity index (χ0) is 20.4. The third-order valence-corrected chi connectivity index (χ3v) is 6.59. The largest absolute Gasteiger partial charge is 0.294 e. The van der Waals surface area contributed by atoms with Crippen molar-refractivity contribution in [1.82, 2.24) is 19.7 Å². The highest BCUT2D eigenvalue weighted by molar-refractivity contribution is 9.10. The first-order chi connectivity index (χ1) is 14.0. The Morgan fingerprint density at radius 1 is 1.38 bits per heavy atom. The quantitative estimate of drug-likeness (QED) is 0.424. The second-order valence-corrected chi connectivity index (χ2v) is 8.90. The zero-order valence-corrected chi connectivity index (χ0v) is 18.4. The van der Waals surface area contributed by atoms with E-state index in [2.05, 4.69) is 38.0 Å². The summed E-state index contributed by atoms with van der Waals surface area (Å²) in [4.78, 5) is 31.2. The SMILES string of the molecule is C=CCN1C(=O)CS/C1=N/NC(=O)Cc1csc2nc(-c3ccc(Br)cc3)cn12. The van der Waals surface area contributed by atoms with Gasteiger partial charge in [0.1, 0.15) is 0 Å². The Morgan fingerprint density at radius 3 is 2.93 bits per heavy atom. The first-order valence-electron chi connectivity index (χ1n) is 8.67. The summed E-state index contributed by atoms with van der Waals surface area (Å²) in [6.07, 6.45) is 3.72. The van der Waals surface area contributed by atoms with E-state index in [0.717, 1.165) is 26.4 Å². The minimum absolute atomic E-state index is 0.0404. The van der Waals surface area contributed by atoms with Crippen LogP contribution in [0.2, 0.25) is 0 Å². The number of nitrogens with zero attached hydrogens (tertiary/aromatic N) is 4. The van der Waals surface area contributed by atoms with Gasteiger partial charge in [-0.2, -0.15) is 0 Å². The summed E-state index contributed by atoms with van der Waals surface area (Å²) in [7, 11) is 0. The molecule has 0 spiro atoms. The number of benzene rings is 1. The fourth-order valence-electron chi connectivity index (χ4n) is 2.82. The molecule has 3 aromatic rings. The van der Waals surface area contributed by atoms with Crippen molar-refractivity contribution in [3.05, 3.63) is 58.7 Å². The smallest absolute Gasteiger partial charge is 0.246 e. The van der Waals surface area contributed by atoms with Gasteiger partial charge in [0.05, 0.1) is 17.9 Å². The number of hydrazone groups is 1. The Balaban J connectivity index is 1.47. The molecule has 1 fully saturated rings. The van der Waals surface area contributed by atoms with E-state index in [9.17, 15) is 9.59 Å². The van der Waals surface area contributed by atoms with Crippen molar-refractivity contribution in [2.45, 2.75) is 6.42 Å². The van der Waals surface area contributed by atoms with Gasteiger partial charge in [-0.25, -0.2) is 10.4 Å². The minimum atomic E-state index is -0.255. The Labute approximate surface area is 183 Å². The third-order valence-electron chi connectivity index (χ3n) is 4.21. The number of thiazole rings is 1. The number of hydrogen-bond acceptors (Lipinski definition) is 6. The van der Waals surface area contributed by atoms with E-state index >= 15 is 0 Å². The van der Waals surface area contributed by atoms with Crippen LogP contribution in [-0.2, 0) is 16.0 Å². The number of aromatic nitrogens is 2. The summed E-state index contributed by atoms with van der Waals surface area (Å²) in [6.45, 7) is 4.01. The molecule has 0 saturated carbocycles. The predicted molar refractivity (Wildman–Crippen MR) is 120 cm³/mol. The molecule has 7 nitrogen and oxygen atoms in total. The maximum Gasteiger partial charge on any atom is 0.246 e. The van der Waals surface area contributed by atoms with Gasteiger partial charge in [0, 0.05) is 33.9 Å². The van der Waals surface area contributed by atoms with Crippen LogP contribution >= 0.6 is 39.0 Å². The van der Waals surface area contributed by atoms with Crippen LogP contribution in [0.5, 0.6) is 0 Å². The van der Waals surface area contributed by atoms with Crippen molar-refractivity contribution in [3.63, 3.8) is 0 Å². The number of carbonyl (C=O) groups is 2. The van der Waals surface area contributed by atoms with E-state index in [-0.39, 0.29) is 18.2 Å². The standard InChI is InChI=1S/C19H16BrN5O2S2/c1-2-7-24-17(27)11-29-19(24)23-22-16(26)8-14-10-28-18-21-15(9-25(14)18)12-3-5-13(20)6-4-12/h2-6,9-10H,1,7-8,11H2,(H,22,26)/b23-19+. The van der Waals surface area contributed by atoms with Crippen molar-refractivity contribution in [2.75, 3.05) is 12.3 Å². The topological polar surface area (TPSA) is 79.1 Å². The molecule has 1 aromatic carbocycles. The highest BCUT2D eigenvalue weighted by Crippen LogP contribution is 2.25. The summed E-state index contributed by atoms with van der Waals surface area (Å²) in [5.41, 5.74) is 5.24. The van der Waals surface area contributed by atoms with E-state index < -0.39 is 0 Å². The molecule has 2 amide bonds. The van der Waals surface area contributed by atoms with Gasteiger partial charge < -0.3 is 0 Å². The number of halogens is 1. The van der Waals surface area contributed by atoms with E-state index in [1.165, 1.54) is 28.0 Å². The summed E-state index contributed by atoms with van der Waals surface area (Å²) < 4.78 is 2.93. The molecule has 10 heteroatoms. The number of imidazole rings is 1. The lowest BCUT2D eigenvalue weighted by Crippen LogP contribution is -2.32. The molecule has 0 atom stereocenters. The van der Waals surface area contributed by atoms with E-state index in [1.807, 2.05) is 40.2 Å². The maximum absolute atomic E-state index is 12.4. The van der Waals surface area contributed by atoms with Crippen LogP contribution in [0.1, 0.15) is 5.69 Å². The van der Waals surface area contributed by atoms with E-state index in [1.54, 1.807) is 6.08 Å². The molecule has 0 unspecified atom stereocenters. The van der Waals surface area contributed by atoms with Crippen LogP contribution in [0, 0.1) is 0 Å². The highest BCUT2D eigenvalue weighted by Gasteiger charge is 2.27. The highest BCUT2D eigenvalue weighted by atomic mass is 79.9. The van der Waals surface area contributed by atoms with E-state index in [0.29, 0.717) is 17.5 Å². The summed E-state index contributed by atoms with van der Waals surface area (Å²) in [5, 5.41) is 6.51. The molecule has 0 aliphatic carbocycles. The lowest BCUT2D eigenvalue weighted by molar-refractivity contribution is -0.124. The van der Waals surface area contributed by atoms with Crippen LogP contribution in [0.3, 0.4) is 0 Å². The van der Waals surface area contributed by atoms with Gasteiger partial charge in [-0.3, -0.25) is 18.9 Å². The number of thioether (sulfide) groups is 1. The van der Waals surface area contributed by atoms with Crippen LogP contribution in [-0.4, -0.2) is 43.6 Å². The van der Waals surface area contributed by atoms with Crippen LogP contribution < -0.4 is 5.43 Å². The molecule has 0 bridgehead atoms. The molecular formula is C19H16BrN5O2S2. The van der Waals surface area contributed by atoms with Gasteiger partial charge >= 0.3 is 0 Å². The van der Waals surface area contributed by atoms with Gasteiger partial charge in [-0.1, -0.05) is 45.9 Å². The van der Waals surface area contributed by atoms with Gasteiger partial charge in [0.2, 0.25) is 11.8 Å². The molecule has 2 aromatic heterocycles. The van der Waals surface area contributed by atoms with Crippen molar-refractivity contribution < 1.29 is 9.59 Å². The minimum Gasteiger partial charge on any atom is -0.294 e. The normalized spacial score (nSPS) is 15.4. The number of hydrogen-bond donors (Lipinski definition) is 1. The Kier molecular flexibility index (Phi) is 5.84. The molecule has 148 valence electrons. The number of amides is 2. The predicted octanol–water partition coefficient (Wildman–Crippen LogP) is 3.52. The summed E-state index contributed by atoms with van der Waals surface area (Å²) in [5.74, 6) is 0.0256. The first kappa shape index (κ1) is 19.9. The fourth-order valence-corrected chi connectivity index (χ4v) is 4.81. The average Bonchev–Trinajstić information content (AvgIpc) is 3.38. The number of nitrogens with one attached hydrogen (secondary N) is 1. The number of carbonyl (C=O) groups excluding carboxylic acids is 2. The second kappa shape index (κ2) is 8.52. The first-order valence-corrected chi connectivity index (χ1v) is 11.3. The van der Waals surface area contributed by atoms with Gasteiger partial charge in [-0.05, 0) is 12.1 Å². The lowest BCUT2D eigenvalue weighted by Gasteiger charge is -2.12. The number of fused-ring (bicyclic) bond motifs is 1. The molecule has 3 heterocycles. The summed E-state index contributed by atoms with van der Waals surface area (Å²) in [6, 6.07) is 7.93. The number of rotatable bonds is 6. The Morgan fingerprint density at radius 2 is 2.17 bits per heavy atom. The van der Waals surface area contributed by atoms with Crippen molar-refractivity contribution in [1.29, 1.82) is 0 Å². The molecule has 1 saturated heterocycles. The molecule has 1 aliphatic heterocycles. The van der Waals surface area contributed by atoms with Crippen molar-refractivity contribution in [3.8, 4) is 11.3 Å². The summed E-state index contributed by atoms with van der Waals surface area (Å²) >= 11 is 6.22. The van der Waals surface area contributed by atoms with Gasteiger partial charge in [0.15, 0.2) is 10.1 Å². The van der Waals surface area contributed by atoms with E-state index in [4.69, 9.17) is 0 Å². The van der Waals surface area contributed by atoms with Crippen LogP contribution in [0.15, 0.2) is 58.1 Å². The molecule has 0 radical (unpaired) electrons. The average molecular weight is 490 g/mol. The zero-order valence-electron chi connectivity index (χ0n) is 15.2. The molecular weight excluding hydrogens is 474 g/mol. The lowest BCUT2D eigenvalue weighted by atomic mass is 10.2. The van der Waals surface area contributed by atoms with Crippen molar-refractivity contribution in [2.24, 2.45) is 5.10 Å². The van der Waals surface area contributed by atoms with Gasteiger partial charge in [-0.15, -0.1) is 23.0 Å². The Bertz CT molecular complexity index is 1120. The molecule has 4 rings (SSSR count). The van der Waals surface area contributed by atoms with Crippen LogP contribution in [0.25, 0.3) is 16.2 Å². The fraction of sp³-hybridized carbons (Fsp3) is 0.158. The Hall–Kier alpha value is -2.43.